The molecule has 2 rings (SSSR count). The Morgan fingerprint density at radius 1 is 1.21 bits per heavy atom. The van der Waals surface area contributed by atoms with Crippen molar-refractivity contribution in [1.82, 2.24) is 20.4 Å². The zero-order chi connectivity index (χ0) is 23.2. The topological polar surface area (TPSA) is 86.0 Å². The number of likely N-dealkylation sites (tertiary alicyclic amines) is 1. The number of nitrogens with one attached hydrogen (secondary N) is 2. The molecule has 0 radical (unpaired) electrons. The maximum Gasteiger partial charge on any atom is 0.220 e. The van der Waals surface area contributed by atoms with Crippen LogP contribution in [0, 0.1) is 5.92 Å². The highest BCUT2D eigenvalue weighted by Gasteiger charge is 2.22. The summed E-state index contributed by atoms with van der Waals surface area (Å²) in [5, 5.41) is 6.84. The van der Waals surface area contributed by atoms with Crippen LogP contribution in [0.25, 0.3) is 0 Å². The van der Waals surface area contributed by atoms with Crippen LogP contribution in [0.1, 0.15) is 51.5 Å². The van der Waals surface area contributed by atoms with Gasteiger partial charge in [-0.15, -0.1) is 24.0 Å². The van der Waals surface area contributed by atoms with Gasteiger partial charge in [0.25, 0.3) is 0 Å². The zero-order valence-electron chi connectivity index (χ0n) is 20.8. The number of hydrogen-bond acceptors (Lipinski definition) is 4. The van der Waals surface area contributed by atoms with E-state index in [0.29, 0.717) is 6.04 Å². The summed E-state index contributed by atoms with van der Waals surface area (Å²) in [6, 6.07) is 11.1. The number of amides is 1. The first-order valence-electron chi connectivity index (χ1n) is 12.3. The number of carbonyl (C=O) groups excluding carboxylic acids is 1. The standard InChI is InChI=1S/C25H44N6O.HI/c1-4-27-25(28-15-8-9-17-31-18-13-23(14-19-31)24(26)32)29-16-12-21(2)30(3)20-22-10-6-5-7-11-22;/h5-7,10-11,21,23H,4,8-9,12-20H2,1-3H3,(H2,26,32)(H2,27,28,29);1H. The number of guanidine groups is 1. The van der Waals surface area contributed by atoms with E-state index >= 15 is 0 Å². The van der Waals surface area contributed by atoms with Gasteiger partial charge in [-0.25, -0.2) is 0 Å². The zero-order valence-corrected chi connectivity index (χ0v) is 23.1. The van der Waals surface area contributed by atoms with E-state index in [1.165, 1.54) is 5.56 Å². The van der Waals surface area contributed by atoms with Crippen molar-refractivity contribution < 1.29 is 4.79 Å². The highest BCUT2D eigenvalue weighted by Crippen LogP contribution is 2.16. The van der Waals surface area contributed by atoms with Crippen LogP contribution >= 0.6 is 24.0 Å². The third kappa shape index (κ3) is 12.0. The van der Waals surface area contributed by atoms with Crippen LogP contribution in [0.15, 0.2) is 35.3 Å². The van der Waals surface area contributed by atoms with Gasteiger partial charge in [0.1, 0.15) is 0 Å². The van der Waals surface area contributed by atoms with Gasteiger partial charge in [-0.1, -0.05) is 30.3 Å². The minimum Gasteiger partial charge on any atom is -0.369 e. The Kier molecular flexibility index (Phi) is 15.4. The van der Waals surface area contributed by atoms with Crippen LogP contribution in [0.4, 0.5) is 0 Å². The number of aliphatic imine (C=N–C) groups is 1. The minimum atomic E-state index is -0.139. The molecule has 4 N–H and O–H groups in total. The number of halogens is 1. The number of primary amides is 1. The smallest absolute Gasteiger partial charge is 0.220 e. The van der Waals surface area contributed by atoms with Crippen LogP contribution in [0.3, 0.4) is 0 Å². The molecule has 1 heterocycles. The molecule has 7 nitrogen and oxygen atoms in total. The summed E-state index contributed by atoms with van der Waals surface area (Å²) >= 11 is 0. The van der Waals surface area contributed by atoms with E-state index in [-0.39, 0.29) is 35.8 Å². The maximum atomic E-state index is 11.3. The second kappa shape index (κ2) is 17.1. The Balaban J connectivity index is 0.00000544. The molecule has 1 aliphatic heterocycles. The summed E-state index contributed by atoms with van der Waals surface area (Å²) in [6.07, 6.45) is 5.07. The van der Waals surface area contributed by atoms with Gasteiger partial charge in [0, 0.05) is 38.1 Å². The van der Waals surface area contributed by atoms with Gasteiger partial charge in [-0.05, 0) is 78.2 Å². The van der Waals surface area contributed by atoms with Gasteiger partial charge >= 0.3 is 0 Å². The fourth-order valence-corrected chi connectivity index (χ4v) is 4.07. The summed E-state index contributed by atoms with van der Waals surface area (Å²) < 4.78 is 0. The number of nitrogens with two attached hydrogens (primary N) is 1. The number of nitrogens with zero attached hydrogens (tertiary/aromatic N) is 3. The Morgan fingerprint density at radius 3 is 2.55 bits per heavy atom. The first kappa shape index (κ1) is 29.6. The SMILES string of the molecule is CCNC(=NCCCCN1CCC(C(N)=O)CC1)NCCC(C)N(C)Cc1ccccc1.I. The first-order chi connectivity index (χ1) is 15.5. The summed E-state index contributed by atoms with van der Waals surface area (Å²) in [5.74, 6) is 0.845. The molecule has 8 heteroatoms. The Hall–Kier alpha value is -1.39. The Labute approximate surface area is 218 Å². The highest BCUT2D eigenvalue weighted by atomic mass is 127. The van der Waals surface area contributed by atoms with Gasteiger partial charge in [0.05, 0.1) is 0 Å². The van der Waals surface area contributed by atoms with Crippen molar-refractivity contribution in [3.05, 3.63) is 35.9 Å². The molecule has 1 amide bonds. The molecule has 188 valence electrons. The maximum absolute atomic E-state index is 11.3. The van der Waals surface area contributed by atoms with E-state index in [1.807, 2.05) is 0 Å². The van der Waals surface area contributed by atoms with Crippen LogP contribution in [0.5, 0.6) is 0 Å². The molecule has 1 unspecified atom stereocenters. The lowest BCUT2D eigenvalue weighted by atomic mass is 9.96. The van der Waals surface area contributed by atoms with Gasteiger partial charge in [0.2, 0.25) is 5.91 Å². The summed E-state index contributed by atoms with van der Waals surface area (Å²) in [6.45, 7) is 11.0. The molecule has 1 aromatic carbocycles. The van der Waals surface area contributed by atoms with E-state index in [1.54, 1.807) is 0 Å². The van der Waals surface area contributed by atoms with Gasteiger partial charge in [-0.3, -0.25) is 14.7 Å². The summed E-state index contributed by atoms with van der Waals surface area (Å²) in [5.41, 5.74) is 6.76. The van der Waals surface area contributed by atoms with Gasteiger partial charge in [-0.2, -0.15) is 0 Å². The number of benzene rings is 1. The van der Waals surface area contributed by atoms with E-state index in [4.69, 9.17) is 10.7 Å². The molecule has 0 saturated carbocycles. The van der Waals surface area contributed by atoms with Crippen molar-refractivity contribution >= 4 is 35.8 Å². The molecule has 0 bridgehead atoms. The van der Waals surface area contributed by atoms with Gasteiger partial charge < -0.3 is 21.3 Å². The molecule has 1 saturated heterocycles. The lowest BCUT2D eigenvalue weighted by Gasteiger charge is -2.30. The predicted molar refractivity (Wildman–Crippen MR) is 149 cm³/mol. The molecular formula is C25H45IN6O. The second-order valence-electron chi connectivity index (χ2n) is 8.95. The van der Waals surface area contributed by atoms with Crippen LogP contribution in [-0.4, -0.2) is 74.0 Å². The number of rotatable bonds is 13. The van der Waals surface area contributed by atoms with Crippen molar-refractivity contribution in [1.29, 1.82) is 0 Å². The Morgan fingerprint density at radius 2 is 1.91 bits per heavy atom. The molecule has 0 spiro atoms. The van der Waals surface area contributed by atoms with Crippen molar-refractivity contribution in [3.63, 3.8) is 0 Å². The van der Waals surface area contributed by atoms with Crippen LogP contribution in [0.2, 0.25) is 0 Å². The monoisotopic (exact) mass is 572 g/mol. The molecular weight excluding hydrogens is 527 g/mol. The summed E-state index contributed by atoms with van der Waals surface area (Å²) in [7, 11) is 2.19. The van der Waals surface area contributed by atoms with Crippen LogP contribution < -0.4 is 16.4 Å². The number of hydrogen-bond donors (Lipinski definition) is 3. The molecule has 0 aromatic heterocycles. The number of unbranched alkanes of at least 4 members (excludes halogenated alkanes) is 1. The van der Waals surface area contributed by atoms with E-state index in [0.717, 1.165) is 83.9 Å². The molecule has 1 aliphatic rings. The average Bonchev–Trinajstić information content (AvgIpc) is 2.79. The fraction of sp³-hybridized carbons (Fsp3) is 0.680. The molecule has 1 fully saturated rings. The molecule has 33 heavy (non-hydrogen) atoms. The molecule has 0 aliphatic carbocycles. The lowest BCUT2D eigenvalue weighted by molar-refractivity contribution is -0.123. The molecule has 1 atom stereocenters. The minimum absolute atomic E-state index is 0. The highest BCUT2D eigenvalue weighted by molar-refractivity contribution is 14.0. The lowest BCUT2D eigenvalue weighted by Crippen LogP contribution is -2.40. The van der Waals surface area contributed by atoms with Crippen molar-refractivity contribution in [2.75, 3.05) is 46.3 Å². The van der Waals surface area contributed by atoms with Crippen LogP contribution in [-0.2, 0) is 11.3 Å². The second-order valence-corrected chi connectivity index (χ2v) is 8.95. The summed E-state index contributed by atoms with van der Waals surface area (Å²) in [4.78, 5) is 20.9. The van der Waals surface area contributed by atoms with E-state index < -0.39 is 0 Å². The third-order valence-corrected chi connectivity index (χ3v) is 6.37. The number of piperidine rings is 1. The normalized spacial score (nSPS) is 16.3. The number of carbonyl (C=O) groups is 1. The average molecular weight is 573 g/mol. The third-order valence-electron chi connectivity index (χ3n) is 6.37. The Bertz CT molecular complexity index is 679. The van der Waals surface area contributed by atoms with Gasteiger partial charge in [0.15, 0.2) is 5.96 Å². The predicted octanol–water partition coefficient (Wildman–Crippen LogP) is 3.05. The van der Waals surface area contributed by atoms with E-state index in [2.05, 4.69) is 71.7 Å². The fourth-order valence-electron chi connectivity index (χ4n) is 4.07. The molecule has 1 aromatic rings. The quantitative estimate of drug-likeness (QED) is 0.147. The van der Waals surface area contributed by atoms with Crippen molar-refractivity contribution in [2.45, 2.75) is 58.5 Å². The van der Waals surface area contributed by atoms with Crippen molar-refractivity contribution in [3.8, 4) is 0 Å². The first-order valence-corrected chi connectivity index (χ1v) is 12.3. The largest absolute Gasteiger partial charge is 0.369 e. The van der Waals surface area contributed by atoms with E-state index in [9.17, 15) is 4.79 Å². The van der Waals surface area contributed by atoms with Crippen molar-refractivity contribution in [2.24, 2.45) is 16.6 Å².